The normalized spacial score (nSPS) is 25.3. The van der Waals surface area contributed by atoms with Crippen LogP contribution in [0.4, 0.5) is 19.1 Å². The highest BCUT2D eigenvalue weighted by Crippen LogP contribution is 2.28. The van der Waals surface area contributed by atoms with Crippen LogP contribution in [-0.4, -0.2) is 35.1 Å². The molecule has 1 N–H and O–H groups in total. The van der Waals surface area contributed by atoms with E-state index in [1.165, 1.54) is 0 Å². The molecule has 1 aliphatic rings. The molecule has 7 heteroatoms. The van der Waals surface area contributed by atoms with Gasteiger partial charge in [-0.15, -0.1) is 0 Å². The van der Waals surface area contributed by atoms with Gasteiger partial charge < -0.3 is 10.2 Å². The average Bonchev–Trinajstić information content (AvgIpc) is 2.31. The molecule has 4 nitrogen and oxygen atoms in total. The van der Waals surface area contributed by atoms with Crippen molar-refractivity contribution in [2.24, 2.45) is 0 Å². The number of nitrogens with one attached hydrogen (secondary N) is 1. The van der Waals surface area contributed by atoms with Gasteiger partial charge in [-0.1, -0.05) is 0 Å². The Morgan fingerprint density at radius 3 is 2.44 bits per heavy atom. The Hall–Kier alpha value is -1.37. The molecular formula is C11H15F3N4. The summed E-state index contributed by atoms with van der Waals surface area (Å²) in [6, 6.07) is 0.435. The molecule has 2 heterocycles. The van der Waals surface area contributed by atoms with Crippen LogP contribution in [0.15, 0.2) is 12.4 Å². The standard InChI is InChI=1S/C11H15F3N4/c1-7-6-18(8(2)3-15-7)10-16-4-9(5-17-10)11(12,13)14/h4-5,7-8,15H,3,6H2,1-2H3/t7-,8+/m1/s1. The minimum Gasteiger partial charge on any atom is -0.335 e. The van der Waals surface area contributed by atoms with E-state index in [9.17, 15) is 13.2 Å². The van der Waals surface area contributed by atoms with Gasteiger partial charge in [0.15, 0.2) is 0 Å². The van der Waals surface area contributed by atoms with Crippen LogP contribution >= 0.6 is 0 Å². The highest BCUT2D eigenvalue weighted by Gasteiger charge is 2.32. The second kappa shape index (κ2) is 4.72. The number of rotatable bonds is 1. The van der Waals surface area contributed by atoms with E-state index >= 15 is 0 Å². The van der Waals surface area contributed by atoms with Gasteiger partial charge in [0.2, 0.25) is 5.95 Å². The predicted molar refractivity (Wildman–Crippen MR) is 61.3 cm³/mol. The lowest BCUT2D eigenvalue weighted by atomic mass is 10.1. The van der Waals surface area contributed by atoms with Crippen LogP contribution in [0, 0.1) is 0 Å². The third-order valence-electron chi connectivity index (χ3n) is 2.99. The van der Waals surface area contributed by atoms with Gasteiger partial charge in [0, 0.05) is 37.6 Å². The molecule has 0 aromatic carbocycles. The van der Waals surface area contributed by atoms with E-state index in [4.69, 9.17) is 0 Å². The maximum atomic E-state index is 12.4. The van der Waals surface area contributed by atoms with E-state index in [1.807, 2.05) is 18.7 Å². The zero-order valence-corrected chi connectivity index (χ0v) is 10.2. The van der Waals surface area contributed by atoms with Crippen molar-refractivity contribution in [3.8, 4) is 0 Å². The van der Waals surface area contributed by atoms with Crippen molar-refractivity contribution in [3.63, 3.8) is 0 Å². The van der Waals surface area contributed by atoms with Crippen molar-refractivity contribution in [3.05, 3.63) is 18.0 Å². The second-order valence-corrected chi connectivity index (χ2v) is 4.58. The Bertz CT molecular complexity index is 404. The zero-order chi connectivity index (χ0) is 13.3. The van der Waals surface area contributed by atoms with Crippen LogP contribution in [0.1, 0.15) is 19.4 Å². The van der Waals surface area contributed by atoms with Crippen LogP contribution < -0.4 is 10.2 Å². The lowest BCUT2D eigenvalue weighted by Gasteiger charge is -2.37. The van der Waals surface area contributed by atoms with Crippen molar-refractivity contribution in [2.75, 3.05) is 18.0 Å². The Kier molecular flexibility index (Phi) is 3.43. The van der Waals surface area contributed by atoms with Crippen molar-refractivity contribution in [1.29, 1.82) is 0 Å². The molecule has 2 atom stereocenters. The van der Waals surface area contributed by atoms with E-state index in [0.29, 0.717) is 12.5 Å². The van der Waals surface area contributed by atoms with Gasteiger partial charge in [-0.25, -0.2) is 9.97 Å². The summed E-state index contributed by atoms with van der Waals surface area (Å²) in [5.74, 6) is 0.351. The lowest BCUT2D eigenvalue weighted by molar-refractivity contribution is -0.138. The van der Waals surface area contributed by atoms with Gasteiger partial charge in [0.1, 0.15) is 0 Å². The van der Waals surface area contributed by atoms with E-state index in [2.05, 4.69) is 15.3 Å². The number of alkyl halides is 3. The first kappa shape index (κ1) is 13.1. The van der Waals surface area contributed by atoms with E-state index in [-0.39, 0.29) is 12.1 Å². The van der Waals surface area contributed by atoms with E-state index in [0.717, 1.165) is 18.9 Å². The minimum absolute atomic E-state index is 0.165. The molecule has 1 aliphatic heterocycles. The smallest absolute Gasteiger partial charge is 0.335 e. The van der Waals surface area contributed by atoms with Crippen molar-refractivity contribution in [2.45, 2.75) is 32.1 Å². The van der Waals surface area contributed by atoms with Gasteiger partial charge in [0.05, 0.1) is 5.56 Å². The first-order chi connectivity index (χ1) is 8.38. The number of hydrogen-bond donors (Lipinski definition) is 1. The fourth-order valence-corrected chi connectivity index (χ4v) is 1.92. The Morgan fingerprint density at radius 1 is 1.28 bits per heavy atom. The summed E-state index contributed by atoms with van der Waals surface area (Å²) in [7, 11) is 0. The summed E-state index contributed by atoms with van der Waals surface area (Å²) in [5, 5.41) is 3.29. The van der Waals surface area contributed by atoms with Crippen LogP contribution in [0.3, 0.4) is 0 Å². The number of hydrogen-bond acceptors (Lipinski definition) is 4. The molecule has 0 unspecified atom stereocenters. The summed E-state index contributed by atoms with van der Waals surface area (Å²) >= 11 is 0. The van der Waals surface area contributed by atoms with Crippen LogP contribution in [0.2, 0.25) is 0 Å². The largest absolute Gasteiger partial charge is 0.419 e. The number of aromatic nitrogens is 2. The van der Waals surface area contributed by atoms with Crippen LogP contribution in [0.25, 0.3) is 0 Å². The van der Waals surface area contributed by atoms with Crippen LogP contribution in [0.5, 0.6) is 0 Å². The molecule has 100 valence electrons. The average molecular weight is 260 g/mol. The van der Waals surface area contributed by atoms with Gasteiger partial charge in [-0.3, -0.25) is 0 Å². The van der Waals surface area contributed by atoms with Crippen molar-refractivity contribution >= 4 is 5.95 Å². The van der Waals surface area contributed by atoms with Gasteiger partial charge in [0.25, 0.3) is 0 Å². The fourth-order valence-electron chi connectivity index (χ4n) is 1.92. The number of piperazine rings is 1. The number of nitrogens with zero attached hydrogens (tertiary/aromatic N) is 3. The number of halogens is 3. The SMILES string of the molecule is C[C@@H]1CN(c2ncc(C(F)(F)F)cn2)[C@@H](C)CN1. The molecule has 0 amide bonds. The lowest BCUT2D eigenvalue weighted by Crippen LogP contribution is -2.55. The molecule has 0 bridgehead atoms. The van der Waals surface area contributed by atoms with Crippen molar-refractivity contribution < 1.29 is 13.2 Å². The number of anilines is 1. The van der Waals surface area contributed by atoms with Gasteiger partial charge in [-0.2, -0.15) is 13.2 Å². The maximum Gasteiger partial charge on any atom is 0.419 e. The summed E-state index contributed by atoms with van der Waals surface area (Å²) in [5.41, 5.74) is -0.818. The molecule has 1 aromatic rings. The van der Waals surface area contributed by atoms with E-state index in [1.54, 1.807) is 0 Å². The van der Waals surface area contributed by atoms with Gasteiger partial charge in [-0.05, 0) is 13.8 Å². The molecule has 18 heavy (non-hydrogen) atoms. The molecular weight excluding hydrogens is 245 g/mol. The molecule has 1 saturated heterocycles. The highest BCUT2D eigenvalue weighted by molar-refractivity contribution is 5.33. The second-order valence-electron chi connectivity index (χ2n) is 4.58. The first-order valence-corrected chi connectivity index (χ1v) is 5.77. The first-order valence-electron chi connectivity index (χ1n) is 5.77. The molecule has 0 spiro atoms. The monoisotopic (exact) mass is 260 g/mol. The van der Waals surface area contributed by atoms with Crippen molar-refractivity contribution in [1.82, 2.24) is 15.3 Å². The molecule has 1 fully saturated rings. The Morgan fingerprint density at radius 2 is 1.89 bits per heavy atom. The summed E-state index contributed by atoms with van der Waals surface area (Å²) in [4.78, 5) is 9.56. The fraction of sp³-hybridized carbons (Fsp3) is 0.636. The summed E-state index contributed by atoms with van der Waals surface area (Å²) < 4.78 is 37.2. The maximum absolute atomic E-state index is 12.4. The van der Waals surface area contributed by atoms with Crippen LogP contribution in [-0.2, 0) is 6.18 Å². The van der Waals surface area contributed by atoms with Gasteiger partial charge >= 0.3 is 6.18 Å². The van der Waals surface area contributed by atoms with E-state index < -0.39 is 11.7 Å². The molecule has 0 aliphatic carbocycles. The third-order valence-corrected chi connectivity index (χ3v) is 2.99. The Balaban J connectivity index is 2.18. The molecule has 1 aromatic heterocycles. The molecule has 0 radical (unpaired) electrons. The third kappa shape index (κ3) is 2.72. The zero-order valence-electron chi connectivity index (χ0n) is 10.2. The molecule has 2 rings (SSSR count). The molecule has 0 saturated carbocycles. The predicted octanol–water partition coefficient (Wildman–Crippen LogP) is 1.68. The summed E-state index contributed by atoms with van der Waals surface area (Å²) in [6.07, 6.45) is -2.72. The topological polar surface area (TPSA) is 41.1 Å². The minimum atomic E-state index is -4.39. The Labute approximate surface area is 103 Å². The highest BCUT2D eigenvalue weighted by atomic mass is 19.4. The quantitative estimate of drug-likeness (QED) is 0.834. The summed E-state index contributed by atoms with van der Waals surface area (Å²) in [6.45, 7) is 5.46.